The monoisotopic (exact) mass is 321 g/mol. The lowest BCUT2D eigenvalue weighted by Crippen LogP contribution is -2.27. The quantitative estimate of drug-likeness (QED) is 0.771. The number of aliphatic hydroxyl groups excluding tert-OH is 1. The summed E-state index contributed by atoms with van der Waals surface area (Å²) in [4.78, 5) is 5.20. The Morgan fingerprint density at radius 3 is 2.55 bits per heavy atom. The topological polar surface area (TPSA) is 41.3 Å². The molecule has 0 aromatic carbocycles. The molecule has 0 spiro atoms. The predicted octanol–water partition coefficient (Wildman–Crippen LogP) is 3.14. The third kappa shape index (κ3) is 5.23. The molecule has 2 rings (SSSR count). The number of aliphatic hydroxyl groups is 1. The standard InChI is InChI=1S/C17H27N3OS/c1-14-12-15(2)20(18-14)10-4-8-19(9-5-11-21)13-17-7-6-16(3)22-17/h6-7,12,21H,4-5,8-11,13H2,1-3H3. The maximum Gasteiger partial charge on any atom is 0.0596 e. The highest BCUT2D eigenvalue weighted by Crippen LogP contribution is 2.17. The van der Waals surface area contributed by atoms with Gasteiger partial charge in [0, 0.05) is 48.2 Å². The van der Waals surface area contributed by atoms with Crippen molar-refractivity contribution in [3.05, 3.63) is 39.3 Å². The number of aromatic nitrogens is 2. The maximum atomic E-state index is 9.09. The molecule has 2 aromatic rings. The van der Waals surface area contributed by atoms with Gasteiger partial charge in [0.25, 0.3) is 0 Å². The Bertz CT molecular complexity index is 576. The lowest BCUT2D eigenvalue weighted by atomic mass is 10.3. The third-order valence-electron chi connectivity index (χ3n) is 3.76. The van der Waals surface area contributed by atoms with Crippen LogP contribution in [0, 0.1) is 20.8 Å². The number of nitrogens with zero attached hydrogens (tertiary/aromatic N) is 3. The van der Waals surface area contributed by atoms with E-state index in [1.165, 1.54) is 15.4 Å². The minimum atomic E-state index is 0.261. The molecular formula is C17H27N3OS. The Morgan fingerprint density at radius 1 is 1.18 bits per heavy atom. The predicted molar refractivity (Wildman–Crippen MR) is 92.4 cm³/mol. The van der Waals surface area contributed by atoms with Crippen LogP contribution in [0.5, 0.6) is 0 Å². The van der Waals surface area contributed by atoms with E-state index >= 15 is 0 Å². The van der Waals surface area contributed by atoms with Gasteiger partial charge in [0.05, 0.1) is 5.69 Å². The molecule has 2 aromatic heterocycles. The highest BCUT2D eigenvalue weighted by atomic mass is 32.1. The van der Waals surface area contributed by atoms with Crippen LogP contribution in [-0.2, 0) is 13.1 Å². The molecule has 0 aliphatic heterocycles. The number of hydrogen-bond acceptors (Lipinski definition) is 4. The van der Waals surface area contributed by atoms with E-state index in [1.807, 2.05) is 18.3 Å². The SMILES string of the molecule is Cc1cc(C)n(CCCN(CCCO)Cc2ccc(C)s2)n1. The zero-order chi connectivity index (χ0) is 15.9. The van der Waals surface area contributed by atoms with Crippen molar-refractivity contribution in [3.8, 4) is 0 Å². The van der Waals surface area contributed by atoms with Gasteiger partial charge in [-0.05, 0) is 51.8 Å². The fourth-order valence-electron chi connectivity index (χ4n) is 2.70. The smallest absolute Gasteiger partial charge is 0.0596 e. The molecular weight excluding hydrogens is 294 g/mol. The normalized spacial score (nSPS) is 11.5. The average molecular weight is 321 g/mol. The van der Waals surface area contributed by atoms with Crippen molar-refractivity contribution in [2.24, 2.45) is 0 Å². The van der Waals surface area contributed by atoms with Crippen LogP contribution in [-0.4, -0.2) is 39.5 Å². The molecule has 22 heavy (non-hydrogen) atoms. The summed E-state index contributed by atoms with van der Waals surface area (Å²) in [5.74, 6) is 0. The molecule has 0 fully saturated rings. The van der Waals surface area contributed by atoms with E-state index in [2.05, 4.69) is 46.7 Å². The summed E-state index contributed by atoms with van der Waals surface area (Å²) in [6.45, 7) is 10.5. The van der Waals surface area contributed by atoms with Crippen LogP contribution in [0.2, 0.25) is 0 Å². The molecule has 0 unspecified atom stereocenters. The Kier molecular flexibility index (Phi) is 6.61. The van der Waals surface area contributed by atoms with Crippen molar-refractivity contribution >= 4 is 11.3 Å². The van der Waals surface area contributed by atoms with Crippen molar-refractivity contribution in [2.75, 3.05) is 19.7 Å². The van der Waals surface area contributed by atoms with Crippen molar-refractivity contribution < 1.29 is 5.11 Å². The minimum Gasteiger partial charge on any atom is -0.396 e. The molecule has 2 heterocycles. The van der Waals surface area contributed by atoms with Crippen LogP contribution in [0.15, 0.2) is 18.2 Å². The van der Waals surface area contributed by atoms with Gasteiger partial charge in [-0.25, -0.2) is 0 Å². The van der Waals surface area contributed by atoms with E-state index in [9.17, 15) is 0 Å². The van der Waals surface area contributed by atoms with E-state index in [4.69, 9.17) is 5.11 Å². The van der Waals surface area contributed by atoms with Crippen molar-refractivity contribution in [1.82, 2.24) is 14.7 Å². The van der Waals surface area contributed by atoms with Crippen LogP contribution in [0.1, 0.15) is 34.0 Å². The van der Waals surface area contributed by atoms with Crippen LogP contribution in [0.4, 0.5) is 0 Å². The van der Waals surface area contributed by atoms with Gasteiger partial charge in [0.2, 0.25) is 0 Å². The summed E-state index contributed by atoms with van der Waals surface area (Å²) in [5.41, 5.74) is 2.32. The molecule has 122 valence electrons. The lowest BCUT2D eigenvalue weighted by Gasteiger charge is -2.21. The number of hydrogen-bond donors (Lipinski definition) is 1. The molecule has 0 saturated carbocycles. The number of rotatable bonds is 9. The summed E-state index contributed by atoms with van der Waals surface area (Å²) in [5, 5.41) is 13.6. The molecule has 0 radical (unpaired) electrons. The zero-order valence-electron chi connectivity index (χ0n) is 13.9. The molecule has 5 heteroatoms. The first-order valence-electron chi connectivity index (χ1n) is 7.98. The summed E-state index contributed by atoms with van der Waals surface area (Å²) in [6, 6.07) is 6.52. The molecule has 0 amide bonds. The summed E-state index contributed by atoms with van der Waals surface area (Å²) >= 11 is 1.86. The van der Waals surface area contributed by atoms with Gasteiger partial charge in [0.1, 0.15) is 0 Å². The Labute approximate surface area is 137 Å². The van der Waals surface area contributed by atoms with Crippen LogP contribution < -0.4 is 0 Å². The second-order valence-electron chi connectivity index (χ2n) is 5.87. The van der Waals surface area contributed by atoms with Crippen LogP contribution in [0.3, 0.4) is 0 Å². The van der Waals surface area contributed by atoms with E-state index in [0.717, 1.165) is 44.7 Å². The van der Waals surface area contributed by atoms with Gasteiger partial charge in [-0.2, -0.15) is 5.10 Å². The van der Waals surface area contributed by atoms with E-state index in [-0.39, 0.29) is 6.61 Å². The first-order chi connectivity index (χ1) is 10.6. The summed E-state index contributed by atoms with van der Waals surface area (Å²) in [7, 11) is 0. The van der Waals surface area contributed by atoms with E-state index in [1.54, 1.807) is 0 Å². The van der Waals surface area contributed by atoms with Gasteiger partial charge in [0.15, 0.2) is 0 Å². The van der Waals surface area contributed by atoms with Gasteiger partial charge in [-0.1, -0.05) is 0 Å². The van der Waals surface area contributed by atoms with Crippen LogP contribution in [0.25, 0.3) is 0 Å². The van der Waals surface area contributed by atoms with Crippen molar-refractivity contribution in [3.63, 3.8) is 0 Å². The lowest BCUT2D eigenvalue weighted by molar-refractivity contribution is 0.214. The van der Waals surface area contributed by atoms with Gasteiger partial charge in [-0.3, -0.25) is 9.58 Å². The molecule has 0 bridgehead atoms. The van der Waals surface area contributed by atoms with E-state index < -0.39 is 0 Å². The molecule has 1 N–H and O–H groups in total. The summed E-state index contributed by atoms with van der Waals surface area (Å²) < 4.78 is 2.09. The Hall–Kier alpha value is -1.17. The fourth-order valence-corrected chi connectivity index (χ4v) is 3.63. The molecule has 4 nitrogen and oxygen atoms in total. The fraction of sp³-hybridized carbons (Fsp3) is 0.588. The highest BCUT2D eigenvalue weighted by molar-refractivity contribution is 7.11. The van der Waals surface area contributed by atoms with Crippen molar-refractivity contribution in [2.45, 2.75) is 46.7 Å². The number of aryl methyl sites for hydroxylation is 4. The second-order valence-corrected chi connectivity index (χ2v) is 7.24. The Morgan fingerprint density at radius 2 is 1.95 bits per heavy atom. The first-order valence-corrected chi connectivity index (χ1v) is 8.79. The van der Waals surface area contributed by atoms with Crippen LogP contribution >= 0.6 is 11.3 Å². The Balaban J connectivity index is 1.84. The third-order valence-corrected chi connectivity index (χ3v) is 4.74. The van der Waals surface area contributed by atoms with Gasteiger partial charge in [-0.15, -0.1) is 11.3 Å². The average Bonchev–Trinajstić information content (AvgIpc) is 3.01. The number of thiophene rings is 1. The van der Waals surface area contributed by atoms with Crippen molar-refractivity contribution in [1.29, 1.82) is 0 Å². The molecule has 0 aliphatic rings. The van der Waals surface area contributed by atoms with Gasteiger partial charge >= 0.3 is 0 Å². The molecule has 0 atom stereocenters. The highest BCUT2D eigenvalue weighted by Gasteiger charge is 2.08. The first kappa shape index (κ1) is 17.2. The maximum absolute atomic E-state index is 9.09. The van der Waals surface area contributed by atoms with Gasteiger partial charge < -0.3 is 5.11 Å². The zero-order valence-corrected chi connectivity index (χ0v) is 14.7. The summed E-state index contributed by atoms with van der Waals surface area (Å²) in [6.07, 6.45) is 1.92. The molecule has 0 aliphatic carbocycles. The second kappa shape index (κ2) is 8.46. The molecule has 0 saturated heterocycles. The largest absolute Gasteiger partial charge is 0.396 e. The minimum absolute atomic E-state index is 0.261. The van der Waals surface area contributed by atoms with E-state index in [0.29, 0.717) is 0 Å².